The Kier molecular flexibility index (Phi) is 4.73. The molecule has 0 saturated heterocycles. The van der Waals surface area contributed by atoms with E-state index in [0.717, 1.165) is 12.8 Å². The van der Waals surface area contributed by atoms with Crippen molar-refractivity contribution < 1.29 is 14.7 Å². The van der Waals surface area contributed by atoms with Gasteiger partial charge >= 0.3 is 12.0 Å². The largest absolute Gasteiger partial charge is 0.478 e. The third kappa shape index (κ3) is 4.11. The van der Waals surface area contributed by atoms with Gasteiger partial charge in [0, 0.05) is 12.2 Å². The second-order valence-corrected chi connectivity index (χ2v) is 6.23. The van der Waals surface area contributed by atoms with Crippen molar-refractivity contribution in [2.24, 2.45) is 5.41 Å². The highest BCUT2D eigenvalue weighted by Crippen LogP contribution is 2.36. The molecule has 1 aliphatic carbocycles. The molecule has 1 fully saturated rings. The Labute approximate surface area is 128 Å². The van der Waals surface area contributed by atoms with E-state index < -0.39 is 5.97 Å². The zero-order chi connectivity index (χ0) is 15.5. The molecule has 6 heteroatoms. The third-order valence-electron chi connectivity index (χ3n) is 3.94. The van der Waals surface area contributed by atoms with Crippen LogP contribution < -0.4 is 10.6 Å². The summed E-state index contributed by atoms with van der Waals surface area (Å²) in [5.74, 6) is -1.12. The zero-order valence-electron chi connectivity index (χ0n) is 11.9. The van der Waals surface area contributed by atoms with E-state index >= 15 is 0 Å². The van der Waals surface area contributed by atoms with Gasteiger partial charge in [0.1, 0.15) is 0 Å². The number of carboxylic acid groups (broad SMARTS) is 1. The van der Waals surface area contributed by atoms with Crippen LogP contribution in [0.4, 0.5) is 10.5 Å². The van der Waals surface area contributed by atoms with Crippen LogP contribution in [0.2, 0.25) is 5.02 Å². The minimum atomic E-state index is -1.12. The van der Waals surface area contributed by atoms with Gasteiger partial charge in [-0.3, -0.25) is 0 Å². The molecular weight excluding hydrogens is 292 g/mol. The fourth-order valence-corrected chi connectivity index (χ4v) is 2.84. The van der Waals surface area contributed by atoms with E-state index in [0.29, 0.717) is 12.2 Å². The molecule has 0 bridgehead atoms. The van der Waals surface area contributed by atoms with E-state index in [-0.39, 0.29) is 22.0 Å². The molecule has 0 aliphatic heterocycles. The van der Waals surface area contributed by atoms with Crippen LogP contribution >= 0.6 is 11.6 Å². The summed E-state index contributed by atoms with van der Waals surface area (Å²) in [5.41, 5.74) is 0.548. The molecule has 21 heavy (non-hydrogen) atoms. The van der Waals surface area contributed by atoms with Gasteiger partial charge in [-0.25, -0.2) is 9.59 Å². The summed E-state index contributed by atoms with van der Waals surface area (Å²) in [4.78, 5) is 22.9. The number of hydrogen-bond acceptors (Lipinski definition) is 2. The van der Waals surface area contributed by atoms with Gasteiger partial charge in [0.2, 0.25) is 0 Å². The predicted molar refractivity (Wildman–Crippen MR) is 82.0 cm³/mol. The molecule has 5 nitrogen and oxygen atoms in total. The first-order valence-electron chi connectivity index (χ1n) is 6.97. The number of aromatic carboxylic acids is 1. The normalized spacial score (nSPS) is 16.5. The number of benzene rings is 1. The van der Waals surface area contributed by atoms with Crippen molar-refractivity contribution in [1.82, 2.24) is 5.32 Å². The number of urea groups is 1. The summed E-state index contributed by atoms with van der Waals surface area (Å²) in [7, 11) is 0. The quantitative estimate of drug-likeness (QED) is 0.792. The van der Waals surface area contributed by atoms with Crippen molar-refractivity contribution in [3.63, 3.8) is 0 Å². The molecule has 0 unspecified atom stereocenters. The Morgan fingerprint density at radius 3 is 2.62 bits per heavy atom. The number of carbonyl (C=O) groups excluding carboxylic acids is 1. The summed E-state index contributed by atoms with van der Waals surface area (Å²) < 4.78 is 0. The van der Waals surface area contributed by atoms with Crippen molar-refractivity contribution in [3.05, 3.63) is 28.8 Å². The van der Waals surface area contributed by atoms with Crippen LogP contribution in [0.15, 0.2) is 18.2 Å². The number of halogens is 1. The predicted octanol–water partition coefficient (Wildman–Crippen LogP) is 3.74. The highest BCUT2D eigenvalue weighted by Gasteiger charge is 2.28. The van der Waals surface area contributed by atoms with Gasteiger partial charge in [-0.15, -0.1) is 0 Å². The maximum Gasteiger partial charge on any atom is 0.337 e. The first-order chi connectivity index (χ1) is 9.89. The van der Waals surface area contributed by atoms with Crippen LogP contribution in [0.3, 0.4) is 0 Å². The molecule has 0 spiro atoms. The third-order valence-corrected chi connectivity index (χ3v) is 4.27. The summed E-state index contributed by atoms with van der Waals surface area (Å²) in [5, 5.41) is 14.6. The van der Waals surface area contributed by atoms with Gasteiger partial charge in [0.05, 0.1) is 10.6 Å². The van der Waals surface area contributed by atoms with Crippen LogP contribution in [0.25, 0.3) is 0 Å². The van der Waals surface area contributed by atoms with Crippen molar-refractivity contribution in [1.29, 1.82) is 0 Å². The van der Waals surface area contributed by atoms with Crippen LogP contribution in [-0.2, 0) is 0 Å². The monoisotopic (exact) mass is 310 g/mol. The molecule has 1 aromatic carbocycles. The lowest BCUT2D eigenvalue weighted by atomic mass is 9.89. The molecule has 0 atom stereocenters. The van der Waals surface area contributed by atoms with Gasteiger partial charge in [-0.2, -0.15) is 0 Å². The van der Waals surface area contributed by atoms with E-state index in [4.69, 9.17) is 16.7 Å². The van der Waals surface area contributed by atoms with E-state index in [1.54, 1.807) is 6.07 Å². The standard InChI is InChI=1S/C15H19ClN2O3/c1-15(6-2-3-7-15)9-17-14(21)18-10-4-5-12(16)11(8-10)13(19)20/h4-5,8H,2-3,6-7,9H2,1H3,(H,19,20)(H2,17,18,21). The van der Waals surface area contributed by atoms with E-state index in [1.807, 2.05) is 0 Å². The number of amides is 2. The molecule has 2 rings (SSSR count). The smallest absolute Gasteiger partial charge is 0.337 e. The minimum absolute atomic E-state index is 0.0304. The minimum Gasteiger partial charge on any atom is -0.478 e. The molecule has 1 saturated carbocycles. The Balaban J connectivity index is 1.93. The molecule has 3 N–H and O–H groups in total. The summed E-state index contributed by atoms with van der Waals surface area (Å²) in [6.45, 7) is 2.79. The summed E-state index contributed by atoms with van der Waals surface area (Å²) in [6.07, 6.45) is 4.66. The summed E-state index contributed by atoms with van der Waals surface area (Å²) in [6, 6.07) is 4.05. The fourth-order valence-electron chi connectivity index (χ4n) is 2.64. The first kappa shape index (κ1) is 15.6. The fraction of sp³-hybridized carbons (Fsp3) is 0.467. The maximum atomic E-state index is 11.9. The topological polar surface area (TPSA) is 78.4 Å². The van der Waals surface area contributed by atoms with Crippen LogP contribution in [-0.4, -0.2) is 23.7 Å². The van der Waals surface area contributed by atoms with Crippen molar-refractivity contribution in [2.45, 2.75) is 32.6 Å². The Hall–Kier alpha value is -1.75. The number of carbonyl (C=O) groups is 2. The van der Waals surface area contributed by atoms with E-state index in [1.165, 1.54) is 25.0 Å². The van der Waals surface area contributed by atoms with Crippen molar-refractivity contribution in [3.8, 4) is 0 Å². The number of anilines is 1. The highest BCUT2D eigenvalue weighted by atomic mass is 35.5. The average molecular weight is 311 g/mol. The number of hydrogen-bond donors (Lipinski definition) is 3. The Morgan fingerprint density at radius 2 is 2.00 bits per heavy atom. The second kappa shape index (κ2) is 6.35. The lowest BCUT2D eigenvalue weighted by Gasteiger charge is -2.23. The molecule has 1 aliphatic rings. The average Bonchev–Trinajstić information content (AvgIpc) is 2.86. The molecule has 0 aromatic heterocycles. The van der Waals surface area contributed by atoms with Crippen LogP contribution in [0, 0.1) is 5.41 Å². The Bertz CT molecular complexity index is 554. The Morgan fingerprint density at radius 1 is 1.33 bits per heavy atom. The van der Waals surface area contributed by atoms with Gasteiger partial charge in [0.15, 0.2) is 0 Å². The van der Waals surface area contributed by atoms with Gasteiger partial charge in [-0.1, -0.05) is 31.4 Å². The van der Waals surface area contributed by atoms with Gasteiger partial charge < -0.3 is 15.7 Å². The first-order valence-corrected chi connectivity index (χ1v) is 7.35. The van der Waals surface area contributed by atoms with Crippen LogP contribution in [0.5, 0.6) is 0 Å². The SMILES string of the molecule is CC1(CNC(=O)Nc2ccc(Cl)c(C(=O)O)c2)CCCC1. The zero-order valence-corrected chi connectivity index (χ0v) is 12.7. The van der Waals surface area contributed by atoms with Crippen molar-refractivity contribution >= 4 is 29.3 Å². The molecule has 114 valence electrons. The molecule has 1 aromatic rings. The number of rotatable bonds is 4. The number of nitrogens with one attached hydrogen (secondary N) is 2. The second-order valence-electron chi connectivity index (χ2n) is 5.83. The van der Waals surface area contributed by atoms with E-state index in [2.05, 4.69) is 17.6 Å². The summed E-state index contributed by atoms with van der Waals surface area (Å²) >= 11 is 5.78. The maximum absolute atomic E-state index is 11.9. The molecule has 2 amide bonds. The lowest BCUT2D eigenvalue weighted by molar-refractivity contribution is 0.0697. The highest BCUT2D eigenvalue weighted by molar-refractivity contribution is 6.33. The van der Waals surface area contributed by atoms with Gasteiger partial charge in [0.25, 0.3) is 0 Å². The molecule has 0 heterocycles. The van der Waals surface area contributed by atoms with Crippen LogP contribution in [0.1, 0.15) is 43.0 Å². The van der Waals surface area contributed by atoms with Gasteiger partial charge in [-0.05, 0) is 36.5 Å². The number of carboxylic acids is 1. The van der Waals surface area contributed by atoms with E-state index in [9.17, 15) is 9.59 Å². The van der Waals surface area contributed by atoms with Crippen molar-refractivity contribution in [2.75, 3.05) is 11.9 Å². The molecular formula is C15H19ClN2O3. The lowest BCUT2D eigenvalue weighted by Crippen LogP contribution is -2.36. The molecule has 0 radical (unpaired) electrons.